The van der Waals surface area contributed by atoms with Crippen molar-refractivity contribution in [2.24, 2.45) is 5.73 Å². The zero-order valence-corrected chi connectivity index (χ0v) is 10.5. The molecule has 1 heterocycles. The molecular formula is C14H18N2O2. The molecule has 0 amide bonds. The van der Waals surface area contributed by atoms with Gasteiger partial charge < -0.3 is 15.6 Å². The Bertz CT molecular complexity index is 528. The summed E-state index contributed by atoms with van der Waals surface area (Å²) in [5, 5.41) is 10.4. The number of pyridine rings is 1. The van der Waals surface area contributed by atoms with Crippen LogP contribution in [0, 0.1) is 6.92 Å². The molecule has 96 valence electrons. The fourth-order valence-corrected chi connectivity index (χ4v) is 1.76. The van der Waals surface area contributed by atoms with Gasteiger partial charge in [-0.1, -0.05) is 18.2 Å². The number of rotatable bonds is 5. The number of para-hydroxylation sites is 1. The molecule has 0 aliphatic heterocycles. The summed E-state index contributed by atoms with van der Waals surface area (Å²) >= 11 is 0. The van der Waals surface area contributed by atoms with E-state index in [9.17, 15) is 5.11 Å². The summed E-state index contributed by atoms with van der Waals surface area (Å²) < 4.78 is 5.67. The van der Waals surface area contributed by atoms with E-state index in [2.05, 4.69) is 4.98 Å². The SMILES string of the molecule is Cc1ccc2cccc(OCCC(O)CN)c2n1. The van der Waals surface area contributed by atoms with E-state index in [4.69, 9.17) is 10.5 Å². The zero-order valence-electron chi connectivity index (χ0n) is 10.5. The standard InChI is InChI=1S/C14H18N2O2/c1-10-5-6-11-3-2-4-13(14(11)16-10)18-8-7-12(17)9-15/h2-6,12,17H,7-9,15H2,1H3. The lowest BCUT2D eigenvalue weighted by molar-refractivity contribution is 0.146. The van der Waals surface area contributed by atoms with E-state index in [-0.39, 0.29) is 6.54 Å². The first-order valence-electron chi connectivity index (χ1n) is 6.08. The number of ether oxygens (including phenoxy) is 1. The van der Waals surface area contributed by atoms with E-state index in [1.807, 2.05) is 37.3 Å². The summed E-state index contributed by atoms with van der Waals surface area (Å²) in [6.07, 6.45) is 0.0216. The lowest BCUT2D eigenvalue weighted by Gasteiger charge is -2.11. The highest BCUT2D eigenvalue weighted by molar-refractivity contribution is 5.84. The van der Waals surface area contributed by atoms with Gasteiger partial charge in [-0.3, -0.25) is 0 Å². The lowest BCUT2D eigenvalue weighted by Crippen LogP contribution is -2.22. The minimum Gasteiger partial charge on any atom is -0.491 e. The number of nitrogens with zero attached hydrogens (tertiary/aromatic N) is 1. The third kappa shape index (κ3) is 2.97. The molecule has 4 heteroatoms. The molecule has 1 atom stereocenters. The van der Waals surface area contributed by atoms with Crippen LogP contribution in [0.5, 0.6) is 5.75 Å². The summed E-state index contributed by atoms with van der Waals surface area (Å²) in [5.74, 6) is 0.750. The van der Waals surface area contributed by atoms with Gasteiger partial charge in [0, 0.05) is 24.0 Å². The van der Waals surface area contributed by atoms with Crippen molar-refractivity contribution in [1.82, 2.24) is 4.98 Å². The van der Waals surface area contributed by atoms with Gasteiger partial charge >= 0.3 is 0 Å². The molecule has 0 bridgehead atoms. The van der Waals surface area contributed by atoms with Crippen molar-refractivity contribution >= 4 is 10.9 Å². The second-order valence-corrected chi connectivity index (χ2v) is 4.31. The Hall–Kier alpha value is -1.65. The van der Waals surface area contributed by atoms with E-state index in [1.54, 1.807) is 0 Å². The van der Waals surface area contributed by atoms with Crippen LogP contribution in [0.15, 0.2) is 30.3 Å². The van der Waals surface area contributed by atoms with E-state index in [0.717, 1.165) is 22.3 Å². The van der Waals surface area contributed by atoms with Crippen LogP contribution < -0.4 is 10.5 Å². The molecule has 0 aliphatic carbocycles. The number of aromatic nitrogens is 1. The molecule has 0 saturated carbocycles. The van der Waals surface area contributed by atoms with Crippen molar-refractivity contribution < 1.29 is 9.84 Å². The zero-order chi connectivity index (χ0) is 13.0. The maximum atomic E-state index is 9.37. The number of benzene rings is 1. The number of hydrogen-bond donors (Lipinski definition) is 2. The first-order chi connectivity index (χ1) is 8.70. The Morgan fingerprint density at radius 2 is 2.17 bits per heavy atom. The second-order valence-electron chi connectivity index (χ2n) is 4.31. The minimum absolute atomic E-state index is 0.260. The van der Waals surface area contributed by atoms with Crippen molar-refractivity contribution in [3.8, 4) is 5.75 Å². The molecule has 3 N–H and O–H groups in total. The van der Waals surface area contributed by atoms with Gasteiger partial charge in [-0.25, -0.2) is 4.98 Å². The van der Waals surface area contributed by atoms with Crippen molar-refractivity contribution in [3.05, 3.63) is 36.0 Å². The summed E-state index contributed by atoms with van der Waals surface area (Å²) in [4.78, 5) is 4.48. The second kappa shape index (κ2) is 5.80. The smallest absolute Gasteiger partial charge is 0.145 e. The third-order valence-corrected chi connectivity index (χ3v) is 2.80. The van der Waals surface area contributed by atoms with Crippen molar-refractivity contribution in [2.75, 3.05) is 13.2 Å². The number of fused-ring (bicyclic) bond motifs is 1. The van der Waals surface area contributed by atoms with E-state index in [0.29, 0.717) is 13.0 Å². The minimum atomic E-state index is -0.505. The van der Waals surface area contributed by atoms with Crippen LogP contribution in [0.1, 0.15) is 12.1 Å². The molecule has 1 unspecified atom stereocenters. The third-order valence-electron chi connectivity index (χ3n) is 2.80. The Morgan fingerprint density at radius 1 is 1.33 bits per heavy atom. The van der Waals surface area contributed by atoms with Crippen LogP contribution in [-0.4, -0.2) is 29.3 Å². The van der Waals surface area contributed by atoms with Crippen LogP contribution in [0.25, 0.3) is 10.9 Å². The Labute approximate surface area is 106 Å². The molecule has 0 saturated heterocycles. The van der Waals surface area contributed by atoms with Gasteiger partial charge in [-0.05, 0) is 19.1 Å². The van der Waals surface area contributed by atoms with Gasteiger partial charge in [-0.15, -0.1) is 0 Å². The van der Waals surface area contributed by atoms with Crippen LogP contribution in [0.2, 0.25) is 0 Å². The van der Waals surface area contributed by atoms with Crippen molar-refractivity contribution in [1.29, 1.82) is 0 Å². The molecule has 18 heavy (non-hydrogen) atoms. The van der Waals surface area contributed by atoms with Gasteiger partial charge in [-0.2, -0.15) is 0 Å². The number of aryl methyl sites for hydroxylation is 1. The highest BCUT2D eigenvalue weighted by Crippen LogP contribution is 2.24. The molecular weight excluding hydrogens is 228 g/mol. The molecule has 1 aromatic heterocycles. The average Bonchev–Trinajstić information content (AvgIpc) is 2.39. The quantitative estimate of drug-likeness (QED) is 0.841. The maximum Gasteiger partial charge on any atom is 0.145 e. The topological polar surface area (TPSA) is 68.4 Å². The molecule has 2 aromatic rings. The molecule has 1 aromatic carbocycles. The summed E-state index contributed by atoms with van der Waals surface area (Å²) in [7, 11) is 0. The molecule has 0 spiro atoms. The van der Waals surface area contributed by atoms with Crippen molar-refractivity contribution in [3.63, 3.8) is 0 Å². The van der Waals surface area contributed by atoms with E-state index < -0.39 is 6.10 Å². The number of aliphatic hydroxyl groups excluding tert-OH is 1. The fourth-order valence-electron chi connectivity index (χ4n) is 1.76. The molecule has 0 aliphatic rings. The van der Waals surface area contributed by atoms with Gasteiger partial charge in [0.2, 0.25) is 0 Å². The number of hydrogen-bond acceptors (Lipinski definition) is 4. The number of aliphatic hydroxyl groups is 1. The van der Waals surface area contributed by atoms with Crippen molar-refractivity contribution in [2.45, 2.75) is 19.4 Å². The predicted molar refractivity (Wildman–Crippen MR) is 71.7 cm³/mol. The van der Waals surface area contributed by atoms with Gasteiger partial charge in [0.25, 0.3) is 0 Å². The number of nitrogens with two attached hydrogens (primary N) is 1. The van der Waals surface area contributed by atoms with Gasteiger partial charge in [0.15, 0.2) is 0 Å². The van der Waals surface area contributed by atoms with Crippen LogP contribution in [0.4, 0.5) is 0 Å². The largest absolute Gasteiger partial charge is 0.491 e. The lowest BCUT2D eigenvalue weighted by atomic mass is 10.2. The van der Waals surface area contributed by atoms with Crippen LogP contribution in [0.3, 0.4) is 0 Å². The predicted octanol–water partition coefficient (Wildman–Crippen LogP) is 1.63. The van der Waals surface area contributed by atoms with E-state index >= 15 is 0 Å². The van der Waals surface area contributed by atoms with Crippen LogP contribution in [-0.2, 0) is 0 Å². The summed E-state index contributed by atoms with van der Waals surface area (Å²) in [5.41, 5.74) is 7.16. The summed E-state index contributed by atoms with van der Waals surface area (Å²) in [6.45, 7) is 2.65. The highest BCUT2D eigenvalue weighted by atomic mass is 16.5. The highest BCUT2D eigenvalue weighted by Gasteiger charge is 2.05. The Kier molecular flexibility index (Phi) is 4.12. The first-order valence-corrected chi connectivity index (χ1v) is 6.08. The Balaban J connectivity index is 2.15. The molecule has 2 rings (SSSR count). The van der Waals surface area contributed by atoms with Gasteiger partial charge in [0.1, 0.15) is 11.3 Å². The fraction of sp³-hybridized carbons (Fsp3) is 0.357. The maximum absolute atomic E-state index is 9.37. The monoisotopic (exact) mass is 246 g/mol. The first kappa shape index (κ1) is 12.8. The average molecular weight is 246 g/mol. The van der Waals surface area contributed by atoms with Gasteiger partial charge in [0.05, 0.1) is 12.7 Å². The Morgan fingerprint density at radius 3 is 2.94 bits per heavy atom. The van der Waals surface area contributed by atoms with E-state index in [1.165, 1.54) is 0 Å². The molecule has 0 radical (unpaired) electrons. The normalized spacial score (nSPS) is 12.6. The molecule has 4 nitrogen and oxygen atoms in total. The summed E-state index contributed by atoms with van der Waals surface area (Å²) in [6, 6.07) is 9.84. The molecule has 0 fully saturated rings. The van der Waals surface area contributed by atoms with Crippen LogP contribution >= 0.6 is 0 Å².